The lowest BCUT2D eigenvalue weighted by Crippen LogP contribution is -2.24. The van der Waals surface area contributed by atoms with Crippen molar-refractivity contribution in [3.05, 3.63) is 0 Å². The van der Waals surface area contributed by atoms with Gasteiger partial charge >= 0.3 is 0 Å². The molecule has 0 bridgehead atoms. The van der Waals surface area contributed by atoms with Crippen molar-refractivity contribution in [3.63, 3.8) is 0 Å². The third-order valence-corrected chi connectivity index (χ3v) is 3.16. The van der Waals surface area contributed by atoms with Crippen LogP contribution < -0.4 is 0 Å². The Bertz CT molecular complexity index is 109. The number of nitrogens with zero attached hydrogens (tertiary/aromatic N) is 2. The Hall–Kier alpha value is -0.0800. The number of hydrogen-bond acceptors (Lipinski definition) is 2. The van der Waals surface area contributed by atoms with Crippen molar-refractivity contribution in [2.45, 2.75) is 52.4 Å². The van der Waals surface area contributed by atoms with E-state index in [9.17, 15) is 0 Å². The van der Waals surface area contributed by atoms with Gasteiger partial charge in [-0.05, 0) is 66.0 Å². The summed E-state index contributed by atoms with van der Waals surface area (Å²) >= 11 is 0. The summed E-state index contributed by atoms with van der Waals surface area (Å²) in [6.45, 7) is 9.28. The van der Waals surface area contributed by atoms with Crippen LogP contribution in [-0.2, 0) is 0 Å². The van der Waals surface area contributed by atoms with E-state index in [2.05, 4.69) is 23.9 Å². The molecule has 0 spiro atoms. The number of hydrogen-bond donors (Lipinski definition) is 0. The molecule has 0 aromatic rings. The van der Waals surface area contributed by atoms with Crippen LogP contribution in [0.4, 0.5) is 0 Å². The Kier molecular flexibility index (Phi) is 11.3. The van der Waals surface area contributed by atoms with Crippen LogP contribution in [0.5, 0.6) is 0 Å². The van der Waals surface area contributed by atoms with E-state index in [1.807, 2.05) is 13.8 Å². The van der Waals surface area contributed by atoms with E-state index in [-0.39, 0.29) is 0 Å². The van der Waals surface area contributed by atoms with E-state index in [0.717, 1.165) is 0 Å². The minimum Gasteiger partial charge on any atom is -0.306 e. The normalized spacial score (nSPS) is 22.5. The minimum atomic E-state index is 1.32. The van der Waals surface area contributed by atoms with Crippen LogP contribution in [0, 0.1) is 0 Å². The zero-order valence-electron chi connectivity index (χ0n) is 12.0. The molecule has 2 heterocycles. The summed E-state index contributed by atoms with van der Waals surface area (Å²) in [5, 5.41) is 0. The highest BCUT2D eigenvalue weighted by Gasteiger charge is 2.02. The van der Waals surface area contributed by atoms with Crippen LogP contribution in [0.15, 0.2) is 0 Å². The standard InChI is InChI=1S/2C6H13N.C2H6/c2*1-7-5-3-2-4-6-7;1-2/h2*2-6H2,1H3;1-2H3. The molecule has 98 valence electrons. The van der Waals surface area contributed by atoms with Crippen LogP contribution in [0.1, 0.15) is 52.4 Å². The molecule has 2 aliphatic rings. The molecule has 2 fully saturated rings. The zero-order valence-corrected chi connectivity index (χ0v) is 12.0. The molecule has 0 atom stereocenters. The lowest BCUT2D eigenvalue weighted by atomic mass is 10.1. The molecule has 2 saturated heterocycles. The van der Waals surface area contributed by atoms with E-state index >= 15 is 0 Å². The van der Waals surface area contributed by atoms with Crippen LogP contribution in [-0.4, -0.2) is 50.1 Å². The molecular formula is C14H32N2. The Balaban J connectivity index is 0.000000244. The second-order valence-electron chi connectivity index (χ2n) is 4.73. The maximum absolute atomic E-state index is 2.39. The maximum atomic E-state index is 2.39. The van der Waals surface area contributed by atoms with E-state index < -0.39 is 0 Å². The van der Waals surface area contributed by atoms with E-state index in [4.69, 9.17) is 0 Å². The summed E-state index contributed by atoms with van der Waals surface area (Å²) in [4.78, 5) is 4.78. The second-order valence-corrected chi connectivity index (χ2v) is 4.73. The molecular weight excluding hydrogens is 196 g/mol. The van der Waals surface area contributed by atoms with Crippen LogP contribution in [0.25, 0.3) is 0 Å². The minimum absolute atomic E-state index is 1.32. The summed E-state index contributed by atoms with van der Waals surface area (Å²) in [5.74, 6) is 0. The van der Waals surface area contributed by atoms with Gasteiger partial charge in [0.2, 0.25) is 0 Å². The first-order valence-electron chi connectivity index (χ1n) is 7.16. The highest BCUT2D eigenvalue weighted by Crippen LogP contribution is 2.05. The van der Waals surface area contributed by atoms with E-state index in [1.54, 1.807) is 0 Å². The first kappa shape index (κ1) is 15.9. The van der Waals surface area contributed by atoms with Crippen molar-refractivity contribution in [1.82, 2.24) is 9.80 Å². The van der Waals surface area contributed by atoms with Crippen molar-refractivity contribution in [1.29, 1.82) is 0 Å². The average Bonchev–Trinajstić information content (AvgIpc) is 2.34. The number of rotatable bonds is 0. The Morgan fingerprint density at radius 1 is 0.500 bits per heavy atom. The molecule has 2 aliphatic heterocycles. The molecule has 0 amide bonds. The molecule has 2 heteroatoms. The molecule has 0 aromatic heterocycles. The largest absolute Gasteiger partial charge is 0.306 e. The topological polar surface area (TPSA) is 6.48 Å². The molecule has 2 rings (SSSR count). The van der Waals surface area contributed by atoms with Crippen molar-refractivity contribution < 1.29 is 0 Å². The number of likely N-dealkylation sites (tertiary alicyclic amines) is 2. The molecule has 0 aliphatic carbocycles. The van der Waals surface area contributed by atoms with Gasteiger partial charge in [0.15, 0.2) is 0 Å². The molecule has 0 unspecified atom stereocenters. The van der Waals surface area contributed by atoms with Crippen LogP contribution >= 0.6 is 0 Å². The Labute approximate surface area is 103 Å². The van der Waals surface area contributed by atoms with Crippen molar-refractivity contribution >= 4 is 0 Å². The van der Waals surface area contributed by atoms with Crippen molar-refractivity contribution in [3.8, 4) is 0 Å². The van der Waals surface area contributed by atoms with Gasteiger partial charge in [0.25, 0.3) is 0 Å². The van der Waals surface area contributed by atoms with Gasteiger partial charge in [-0.15, -0.1) is 0 Å². The summed E-state index contributed by atoms with van der Waals surface area (Å²) in [6.07, 6.45) is 8.55. The highest BCUT2D eigenvalue weighted by atomic mass is 15.1. The first-order chi connectivity index (χ1) is 7.79. The van der Waals surface area contributed by atoms with Gasteiger partial charge in [-0.3, -0.25) is 0 Å². The van der Waals surface area contributed by atoms with Crippen molar-refractivity contribution in [2.24, 2.45) is 0 Å². The van der Waals surface area contributed by atoms with E-state index in [0.29, 0.717) is 0 Å². The van der Waals surface area contributed by atoms with Gasteiger partial charge < -0.3 is 9.80 Å². The highest BCUT2D eigenvalue weighted by molar-refractivity contribution is 4.58. The summed E-state index contributed by atoms with van der Waals surface area (Å²) in [5.41, 5.74) is 0. The molecule has 0 saturated carbocycles. The van der Waals surface area contributed by atoms with E-state index in [1.165, 1.54) is 64.7 Å². The fraction of sp³-hybridized carbons (Fsp3) is 1.00. The summed E-state index contributed by atoms with van der Waals surface area (Å²) in [7, 11) is 4.39. The second kappa shape index (κ2) is 11.4. The Morgan fingerprint density at radius 2 is 0.750 bits per heavy atom. The predicted molar refractivity (Wildman–Crippen MR) is 74.0 cm³/mol. The number of piperidine rings is 2. The molecule has 16 heavy (non-hydrogen) atoms. The maximum Gasteiger partial charge on any atom is -0.00218 e. The van der Waals surface area contributed by atoms with Gasteiger partial charge in [-0.2, -0.15) is 0 Å². The third kappa shape index (κ3) is 9.17. The van der Waals surface area contributed by atoms with Crippen molar-refractivity contribution in [2.75, 3.05) is 40.3 Å². The predicted octanol–water partition coefficient (Wildman–Crippen LogP) is 3.23. The monoisotopic (exact) mass is 228 g/mol. The molecule has 2 nitrogen and oxygen atoms in total. The first-order valence-corrected chi connectivity index (χ1v) is 7.16. The third-order valence-electron chi connectivity index (χ3n) is 3.16. The smallest absolute Gasteiger partial charge is 0.00218 e. The van der Waals surface area contributed by atoms with Gasteiger partial charge in [-0.25, -0.2) is 0 Å². The average molecular weight is 228 g/mol. The molecule has 0 radical (unpaired) electrons. The fourth-order valence-corrected chi connectivity index (χ4v) is 2.10. The Morgan fingerprint density at radius 3 is 0.875 bits per heavy atom. The molecule has 0 N–H and O–H groups in total. The lowest BCUT2D eigenvalue weighted by molar-refractivity contribution is 0.277. The van der Waals surface area contributed by atoms with Gasteiger partial charge in [-0.1, -0.05) is 26.7 Å². The summed E-state index contributed by atoms with van der Waals surface area (Å²) in [6, 6.07) is 0. The van der Waals surface area contributed by atoms with Crippen LogP contribution in [0.2, 0.25) is 0 Å². The lowest BCUT2D eigenvalue weighted by Gasteiger charge is -2.20. The zero-order chi connectivity index (χ0) is 12.2. The van der Waals surface area contributed by atoms with Crippen LogP contribution in [0.3, 0.4) is 0 Å². The van der Waals surface area contributed by atoms with Gasteiger partial charge in [0.1, 0.15) is 0 Å². The SMILES string of the molecule is CC.CN1CCCCC1.CN1CCCCC1. The quantitative estimate of drug-likeness (QED) is 0.628. The fourth-order valence-electron chi connectivity index (χ4n) is 2.10. The van der Waals surface area contributed by atoms with Gasteiger partial charge in [0, 0.05) is 0 Å². The van der Waals surface area contributed by atoms with Gasteiger partial charge in [0.05, 0.1) is 0 Å². The molecule has 0 aromatic carbocycles. The summed E-state index contributed by atoms with van der Waals surface area (Å²) < 4.78 is 0.